The first-order chi connectivity index (χ1) is 10.6. The summed E-state index contributed by atoms with van der Waals surface area (Å²) in [5.41, 5.74) is 7.22. The van der Waals surface area contributed by atoms with Gasteiger partial charge in [0, 0.05) is 5.02 Å². The molecular weight excluding hydrogens is 306 g/mol. The molecule has 0 aliphatic heterocycles. The number of halogens is 1. The lowest BCUT2D eigenvalue weighted by Crippen LogP contribution is -2.01. The lowest BCUT2D eigenvalue weighted by atomic mass is 10.2. The van der Waals surface area contributed by atoms with Crippen molar-refractivity contribution in [3.63, 3.8) is 0 Å². The topological polar surface area (TPSA) is 62.9 Å². The van der Waals surface area contributed by atoms with Crippen molar-refractivity contribution in [1.82, 2.24) is 0 Å². The summed E-state index contributed by atoms with van der Waals surface area (Å²) in [7, 11) is 4.70. The van der Waals surface area contributed by atoms with Crippen LogP contribution in [0.1, 0.15) is 5.56 Å². The van der Waals surface area contributed by atoms with Crippen molar-refractivity contribution >= 4 is 17.3 Å². The number of benzene rings is 2. The van der Waals surface area contributed by atoms with Gasteiger partial charge in [-0.1, -0.05) is 11.6 Å². The molecule has 0 aliphatic carbocycles. The van der Waals surface area contributed by atoms with Gasteiger partial charge in [0.05, 0.1) is 27.0 Å². The molecular formula is C16H18ClNO4. The first-order valence-electron chi connectivity index (χ1n) is 6.55. The number of ether oxygens (including phenoxy) is 4. The second kappa shape index (κ2) is 7.13. The highest BCUT2D eigenvalue weighted by atomic mass is 35.5. The minimum atomic E-state index is 0.308. The van der Waals surface area contributed by atoms with Gasteiger partial charge in [0.1, 0.15) is 12.4 Å². The van der Waals surface area contributed by atoms with Crippen molar-refractivity contribution in [3.05, 3.63) is 40.9 Å². The number of anilines is 1. The zero-order valence-electron chi connectivity index (χ0n) is 12.7. The standard InChI is InChI=1S/C16H18ClNO4/c1-19-14-6-10(7-15(20-2)16(14)21-3)9-22-13-5-4-11(17)8-12(13)18/h4-8H,9,18H2,1-3H3. The molecule has 2 aromatic rings. The van der Waals surface area contributed by atoms with Crippen molar-refractivity contribution in [2.45, 2.75) is 6.61 Å². The summed E-state index contributed by atoms with van der Waals surface area (Å²) in [6.07, 6.45) is 0. The van der Waals surface area contributed by atoms with Crippen LogP contribution in [0.5, 0.6) is 23.0 Å². The monoisotopic (exact) mass is 323 g/mol. The van der Waals surface area contributed by atoms with Crippen molar-refractivity contribution in [1.29, 1.82) is 0 Å². The maximum absolute atomic E-state index is 5.86. The highest BCUT2D eigenvalue weighted by molar-refractivity contribution is 6.30. The summed E-state index contributed by atoms with van der Waals surface area (Å²) in [6.45, 7) is 0.308. The summed E-state index contributed by atoms with van der Waals surface area (Å²) < 4.78 is 21.6. The zero-order chi connectivity index (χ0) is 16.1. The number of rotatable bonds is 6. The van der Waals surface area contributed by atoms with Crippen molar-refractivity contribution in [2.24, 2.45) is 0 Å². The van der Waals surface area contributed by atoms with Crippen LogP contribution >= 0.6 is 11.6 Å². The van der Waals surface area contributed by atoms with Crippen LogP contribution in [0.15, 0.2) is 30.3 Å². The van der Waals surface area contributed by atoms with E-state index in [0.717, 1.165) is 5.56 Å². The summed E-state index contributed by atoms with van der Waals surface area (Å²) in [5, 5.41) is 0.567. The normalized spacial score (nSPS) is 10.2. The molecule has 118 valence electrons. The van der Waals surface area contributed by atoms with Gasteiger partial charge in [0.15, 0.2) is 11.5 Å². The van der Waals surface area contributed by atoms with E-state index in [1.807, 2.05) is 12.1 Å². The zero-order valence-corrected chi connectivity index (χ0v) is 13.4. The highest BCUT2D eigenvalue weighted by Crippen LogP contribution is 2.38. The van der Waals surface area contributed by atoms with Crippen LogP contribution in [0, 0.1) is 0 Å². The molecule has 0 heterocycles. The fraction of sp³-hybridized carbons (Fsp3) is 0.250. The Balaban J connectivity index is 2.22. The number of nitrogen functional groups attached to an aromatic ring is 1. The highest BCUT2D eigenvalue weighted by Gasteiger charge is 2.13. The second-order valence-corrected chi connectivity index (χ2v) is 4.94. The van der Waals surface area contributed by atoms with Crippen molar-refractivity contribution < 1.29 is 18.9 Å². The minimum absolute atomic E-state index is 0.308. The van der Waals surface area contributed by atoms with Crippen LogP contribution in [0.2, 0.25) is 5.02 Å². The van der Waals surface area contributed by atoms with Gasteiger partial charge in [-0.05, 0) is 35.9 Å². The SMILES string of the molecule is COc1cc(COc2ccc(Cl)cc2N)cc(OC)c1OC. The fourth-order valence-electron chi connectivity index (χ4n) is 2.03. The maximum Gasteiger partial charge on any atom is 0.203 e. The first kappa shape index (κ1) is 16.1. The molecule has 0 atom stereocenters. The molecule has 5 nitrogen and oxygen atoms in total. The molecule has 6 heteroatoms. The van der Waals surface area contributed by atoms with E-state index in [4.69, 9.17) is 36.3 Å². The fourth-order valence-corrected chi connectivity index (χ4v) is 2.21. The Kier molecular flexibility index (Phi) is 5.22. The van der Waals surface area contributed by atoms with Crippen LogP contribution in [0.4, 0.5) is 5.69 Å². The number of nitrogens with two attached hydrogens (primary N) is 1. The first-order valence-corrected chi connectivity index (χ1v) is 6.93. The van der Waals surface area contributed by atoms with E-state index in [1.54, 1.807) is 39.5 Å². The van der Waals surface area contributed by atoms with E-state index >= 15 is 0 Å². The van der Waals surface area contributed by atoms with Gasteiger partial charge in [-0.2, -0.15) is 0 Å². The van der Waals surface area contributed by atoms with E-state index in [1.165, 1.54) is 0 Å². The molecule has 0 radical (unpaired) electrons. The van der Waals surface area contributed by atoms with Crippen LogP contribution in [-0.4, -0.2) is 21.3 Å². The smallest absolute Gasteiger partial charge is 0.203 e. The maximum atomic E-state index is 5.86. The van der Waals surface area contributed by atoms with Gasteiger partial charge in [0.2, 0.25) is 5.75 Å². The molecule has 2 aromatic carbocycles. The Morgan fingerprint density at radius 3 is 2.05 bits per heavy atom. The van der Waals surface area contributed by atoms with Crippen LogP contribution in [-0.2, 0) is 6.61 Å². The molecule has 0 fully saturated rings. The van der Waals surface area contributed by atoms with Crippen LogP contribution in [0.3, 0.4) is 0 Å². The Labute approximate surface area is 134 Å². The molecule has 0 amide bonds. The summed E-state index contributed by atoms with van der Waals surface area (Å²) in [4.78, 5) is 0. The van der Waals surface area contributed by atoms with Gasteiger partial charge in [-0.3, -0.25) is 0 Å². The summed E-state index contributed by atoms with van der Waals surface area (Å²) in [6, 6.07) is 8.76. The molecule has 0 aromatic heterocycles. The second-order valence-electron chi connectivity index (χ2n) is 4.50. The predicted molar refractivity (Wildman–Crippen MR) is 86.3 cm³/mol. The lowest BCUT2D eigenvalue weighted by molar-refractivity contribution is 0.300. The summed E-state index contributed by atoms with van der Waals surface area (Å²) in [5.74, 6) is 2.26. The molecule has 0 bridgehead atoms. The average molecular weight is 324 g/mol. The molecule has 22 heavy (non-hydrogen) atoms. The molecule has 2 rings (SSSR count). The van der Waals surface area contributed by atoms with Crippen LogP contribution in [0.25, 0.3) is 0 Å². The lowest BCUT2D eigenvalue weighted by Gasteiger charge is -2.15. The molecule has 0 spiro atoms. The largest absolute Gasteiger partial charge is 0.493 e. The van der Waals surface area contributed by atoms with E-state index < -0.39 is 0 Å². The van der Waals surface area contributed by atoms with E-state index in [9.17, 15) is 0 Å². The number of hydrogen-bond donors (Lipinski definition) is 1. The van der Waals surface area contributed by atoms with E-state index in [-0.39, 0.29) is 0 Å². The predicted octanol–water partition coefficient (Wildman–Crippen LogP) is 3.53. The van der Waals surface area contributed by atoms with Gasteiger partial charge in [0.25, 0.3) is 0 Å². The van der Waals surface area contributed by atoms with Crippen LogP contribution < -0.4 is 24.7 Å². The van der Waals surface area contributed by atoms with Gasteiger partial charge in [-0.15, -0.1) is 0 Å². The van der Waals surface area contributed by atoms with Crippen molar-refractivity contribution in [2.75, 3.05) is 27.1 Å². The molecule has 0 unspecified atom stereocenters. The molecule has 0 saturated heterocycles. The molecule has 2 N–H and O–H groups in total. The third-order valence-electron chi connectivity index (χ3n) is 3.09. The number of methoxy groups -OCH3 is 3. The Morgan fingerprint density at radius 1 is 0.909 bits per heavy atom. The molecule has 0 aliphatic rings. The van der Waals surface area contributed by atoms with Gasteiger partial charge < -0.3 is 24.7 Å². The Bertz CT molecular complexity index is 636. The third kappa shape index (κ3) is 3.49. The number of hydrogen-bond acceptors (Lipinski definition) is 5. The minimum Gasteiger partial charge on any atom is -0.493 e. The Hall–Kier alpha value is -2.27. The van der Waals surface area contributed by atoms with E-state index in [2.05, 4.69) is 0 Å². The average Bonchev–Trinajstić information content (AvgIpc) is 2.52. The van der Waals surface area contributed by atoms with Gasteiger partial charge >= 0.3 is 0 Å². The quantitative estimate of drug-likeness (QED) is 0.824. The molecule has 0 saturated carbocycles. The Morgan fingerprint density at radius 2 is 1.55 bits per heavy atom. The third-order valence-corrected chi connectivity index (χ3v) is 3.33. The van der Waals surface area contributed by atoms with E-state index in [0.29, 0.717) is 40.3 Å². The van der Waals surface area contributed by atoms with Crippen molar-refractivity contribution in [3.8, 4) is 23.0 Å². The summed E-state index contributed by atoms with van der Waals surface area (Å²) >= 11 is 5.86. The van der Waals surface area contributed by atoms with Gasteiger partial charge in [-0.25, -0.2) is 0 Å².